The van der Waals surface area contributed by atoms with Crippen LogP contribution in [0.4, 0.5) is 5.82 Å². The number of amides is 2. The first-order chi connectivity index (χ1) is 14.9. The van der Waals surface area contributed by atoms with Crippen molar-refractivity contribution < 1.29 is 19.5 Å². The molecule has 0 spiro atoms. The highest BCUT2D eigenvalue weighted by Gasteiger charge is 2.31. The first kappa shape index (κ1) is 22.2. The fraction of sp³-hybridized carbons (Fsp3) is 0.409. The highest BCUT2D eigenvalue weighted by molar-refractivity contribution is 5.86. The fourth-order valence-corrected chi connectivity index (χ4v) is 3.83. The molecule has 164 valence electrons. The number of carbonyl (C=O) groups is 3. The van der Waals surface area contributed by atoms with Gasteiger partial charge in [0.05, 0.1) is 12.5 Å². The molecule has 9 nitrogen and oxygen atoms in total. The van der Waals surface area contributed by atoms with Crippen molar-refractivity contribution in [2.75, 3.05) is 18.8 Å². The van der Waals surface area contributed by atoms with E-state index >= 15 is 0 Å². The lowest BCUT2D eigenvalue weighted by Gasteiger charge is -2.32. The average molecular weight is 425 g/mol. The maximum Gasteiger partial charge on any atom is 0.305 e. The molecular formula is C22H27N5O4. The lowest BCUT2D eigenvalue weighted by molar-refractivity contribution is -0.142. The number of rotatable bonds is 9. The Bertz CT molecular complexity index is 921. The van der Waals surface area contributed by atoms with E-state index in [-0.39, 0.29) is 24.7 Å². The van der Waals surface area contributed by atoms with E-state index in [1.807, 2.05) is 6.07 Å². The number of piperidine rings is 1. The summed E-state index contributed by atoms with van der Waals surface area (Å²) in [5.74, 6) is -1.36. The van der Waals surface area contributed by atoms with E-state index in [9.17, 15) is 19.5 Å². The van der Waals surface area contributed by atoms with Crippen LogP contribution in [0.5, 0.6) is 0 Å². The summed E-state index contributed by atoms with van der Waals surface area (Å²) in [6.07, 6.45) is 6.67. The van der Waals surface area contributed by atoms with Gasteiger partial charge < -0.3 is 21.1 Å². The molecular weight excluding hydrogens is 398 g/mol. The number of nitrogens with one attached hydrogen (secondary N) is 1. The number of carbonyl (C=O) groups excluding carboxylic acids is 2. The number of hydrogen-bond donors (Lipinski definition) is 3. The van der Waals surface area contributed by atoms with Crippen LogP contribution >= 0.6 is 0 Å². The van der Waals surface area contributed by atoms with Crippen LogP contribution in [0.25, 0.3) is 0 Å². The molecule has 2 atom stereocenters. The van der Waals surface area contributed by atoms with Crippen molar-refractivity contribution in [1.82, 2.24) is 20.2 Å². The lowest BCUT2D eigenvalue weighted by atomic mass is 9.92. The Labute approximate surface area is 180 Å². The summed E-state index contributed by atoms with van der Waals surface area (Å²) in [4.78, 5) is 46.5. The molecule has 0 aliphatic carbocycles. The van der Waals surface area contributed by atoms with Gasteiger partial charge in [-0.2, -0.15) is 0 Å². The van der Waals surface area contributed by atoms with Gasteiger partial charge in [0.2, 0.25) is 11.8 Å². The molecule has 1 saturated heterocycles. The lowest BCUT2D eigenvalue weighted by Crippen LogP contribution is -2.44. The van der Waals surface area contributed by atoms with Crippen molar-refractivity contribution in [2.45, 2.75) is 38.1 Å². The van der Waals surface area contributed by atoms with Crippen LogP contribution in [0.1, 0.15) is 42.9 Å². The molecule has 3 rings (SSSR count). The molecule has 0 aromatic carbocycles. The predicted octanol–water partition coefficient (Wildman–Crippen LogP) is 1.56. The third-order valence-electron chi connectivity index (χ3n) is 5.39. The monoisotopic (exact) mass is 425 g/mol. The SMILES string of the molecule is Nc1cc(CCN2CCC[C@H](CC(=O)N[C@@H](CC(=O)O)c3cccnc3)C2=O)ccn1. The van der Waals surface area contributed by atoms with Gasteiger partial charge in [-0.1, -0.05) is 6.07 Å². The number of carboxylic acids is 1. The highest BCUT2D eigenvalue weighted by Crippen LogP contribution is 2.23. The number of carboxylic acid groups (broad SMARTS) is 1. The van der Waals surface area contributed by atoms with E-state index in [2.05, 4.69) is 15.3 Å². The van der Waals surface area contributed by atoms with E-state index in [1.165, 1.54) is 6.20 Å². The molecule has 1 fully saturated rings. The van der Waals surface area contributed by atoms with Gasteiger partial charge in [-0.15, -0.1) is 0 Å². The molecule has 3 heterocycles. The Balaban J connectivity index is 1.57. The maximum absolute atomic E-state index is 12.9. The van der Waals surface area contributed by atoms with Gasteiger partial charge in [0.1, 0.15) is 5.82 Å². The van der Waals surface area contributed by atoms with E-state index in [1.54, 1.807) is 35.5 Å². The molecule has 0 radical (unpaired) electrons. The van der Waals surface area contributed by atoms with Crippen LogP contribution in [0.15, 0.2) is 42.9 Å². The number of nitrogens with two attached hydrogens (primary N) is 1. The summed E-state index contributed by atoms with van der Waals surface area (Å²) >= 11 is 0. The Kier molecular flexibility index (Phi) is 7.53. The number of nitrogens with zero attached hydrogens (tertiary/aromatic N) is 3. The van der Waals surface area contributed by atoms with E-state index in [4.69, 9.17) is 5.73 Å². The predicted molar refractivity (Wildman–Crippen MR) is 114 cm³/mol. The molecule has 0 unspecified atom stereocenters. The molecule has 2 aromatic rings. The topological polar surface area (TPSA) is 139 Å². The quantitative estimate of drug-likeness (QED) is 0.554. The second-order valence-corrected chi connectivity index (χ2v) is 7.71. The second kappa shape index (κ2) is 10.5. The Morgan fingerprint density at radius 2 is 2.16 bits per heavy atom. The van der Waals surface area contributed by atoms with Crippen LogP contribution in [-0.2, 0) is 20.8 Å². The normalized spacial score (nSPS) is 17.2. The van der Waals surface area contributed by atoms with Crippen LogP contribution in [0, 0.1) is 5.92 Å². The summed E-state index contributed by atoms with van der Waals surface area (Å²) in [7, 11) is 0. The van der Waals surface area contributed by atoms with Gasteiger partial charge in [-0.25, -0.2) is 4.98 Å². The summed E-state index contributed by atoms with van der Waals surface area (Å²) in [5.41, 5.74) is 7.33. The standard InChI is InChI=1S/C22H27N5O4/c23-19-11-15(5-8-25-19)6-10-27-9-2-4-16(22(27)31)12-20(28)26-18(13-21(29)30)17-3-1-7-24-14-17/h1,3,5,7-8,11,14,16,18H,2,4,6,9-10,12-13H2,(H2,23,25)(H,26,28)(H,29,30)/t16-,18+/m1/s1. The minimum atomic E-state index is -1.02. The van der Waals surface area contributed by atoms with E-state index in [0.717, 1.165) is 12.0 Å². The van der Waals surface area contributed by atoms with Gasteiger partial charge in [0.15, 0.2) is 0 Å². The summed E-state index contributed by atoms with van der Waals surface area (Å²) in [6, 6.07) is 6.39. The van der Waals surface area contributed by atoms with Crippen molar-refractivity contribution in [3.8, 4) is 0 Å². The minimum Gasteiger partial charge on any atom is -0.481 e. The Hall–Kier alpha value is -3.49. The van der Waals surface area contributed by atoms with E-state index < -0.39 is 17.9 Å². The minimum absolute atomic E-state index is 0.0356. The summed E-state index contributed by atoms with van der Waals surface area (Å²) in [5, 5.41) is 11.9. The van der Waals surface area contributed by atoms with Crippen molar-refractivity contribution in [1.29, 1.82) is 0 Å². The van der Waals surface area contributed by atoms with Crippen LogP contribution in [-0.4, -0.2) is 50.8 Å². The number of hydrogen-bond acceptors (Lipinski definition) is 6. The molecule has 2 amide bonds. The smallest absolute Gasteiger partial charge is 0.305 e. The first-order valence-corrected chi connectivity index (χ1v) is 10.3. The molecule has 1 aliphatic rings. The molecule has 0 bridgehead atoms. The largest absolute Gasteiger partial charge is 0.481 e. The molecule has 9 heteroatoms. The first-order valence-electron chi connectivity index (χ1n) is 10.3. The number of likely N-dealkylation sites (tertiary alicyclic amines) is 1. The van der Waals surface area contributed by atoms with Crippen LogP contribution in [0.3, 0.4) is 0 Å². The van der Waals surface area contributed by atoms with Crippen molar-refractivity contribution in [2.24, 2.45) is 5.92 Å². The zero-order chi connectivity index (χ0) is 22.2. The van der Waals surface area contributed by atoms with Gasteiger partial charge in [-0.05, 0) is 48.6 Å². The van der Waals surface area contributed by atoms with Gasteiger partial charge in [0.25, 0.3) is 0 Å². The second-order valence-electron chi connectivity index (χ2n) is 7.71. The zero-order valence-electron chi connectivity index (χ0n) is 17.2. The zero-order valence-corrected chi connectivity index (χ0v) is 17.2. The third kappa shape index (κ3) is 6.50. The Morgan fingerprint density at radius 1 is 1.32 bits per heavy atom. The van der Waals surface area contributed by atoms with Crippen LogP contribution in [0.2, 0.25) is 0 Å². The molecule has 0 saturated carbocycles. The number of anilines is 1. The van der Waals surface area contributed by atoms with Crippen molar-refractivity contribution in [3.05, 3.63) is 54.0 Å². The van der Waals surface area contributed by atoms with Crippen molar-refractivity contribution >= 4 is 23.6 Å². The molecule has 2 aromatic heterocycles. The van der Waals surface area contributed by atoms with Crippen molar-refractivity contribution in [3.63, 3.8) is 0 Å². The third-order valence-corrected chi connectivity index (χ3v) is 5.39. The maximum atomic E-state index is 12.9. The summed E-state index contributed by atoms with van der Waals surface area (Å²) in [6.45, 7) is 1.21. The number of nitrogen functional groups attached to an aromatic ring is 1. The van der Waals surface area contributed by atoms with Gasteiger partial charge in [-0.3, -0.25) is 19.4 Å². The summed E-state index contributed by atoms with van der Waals surface area (Å²) < 4.78 is 0. The highest BCUT2D eigenvalue weighted by atomic mass is 16.4. The van der Waals surface area contributed by atoms with Crippen LogP contribution < -0.4 is 11.1 Å². The number of aliphatic carboxylic acids is 1. The molecule has 4 N–H and O–H groups in total. The number of pyridine rings is 2. The van der Waals surface area contributed by atoms with E-state index in [0.29, 0.717) is 37.3 Å². The number of aromatic nitrogens is 2. The Morgan fingerprint density at radius 3 is 2.87 bits per heavy atom. The van der Waals surface area contributed by atoms with Gasteiger partial charge >= 0.3 is 5.97 Å². The average Bonchev–Trinajstić information content (AvgIpc) is 2.74. The molecule has 1 aliphatic heterocycles. The molecule has 31 heavy (non-hydrogen) atoms. The van der Waals surface area contributed by atoms with Gasteiger partial charge in [0, 0.05) is 44.0 Å². The fourth-order valence-electron chi connectivity index (χ4n) is 3.83.